The Kier molecular flexibility index (Phi) is 6.04. The van der Waals surface area contributed by atoms with Gasteiger partial charge in [0, 0.05) is 32.7 Å². The van der Waals surface area contributed by atoms with Crippen molar-refractivity contribution < 1.29 is 4.74 Å². The number of aryl methyl sites for hydroxylation is 1. The third kappa shape index (κ3) is 4.44. The van der Waals surface area contributed by atoms with Crippen molar-refractivity contribution in [2.45, 2.75) is 32.9 Å². The van der Waals surface area contributed by atoms with Crippen LogP contribution in [-0.4, -0.2) is 29.8 Å². The molecule has 0 fully saturated rings. The molecule has 4 heteroatoms. The standard InChI is InChI=1S/C11H21N3O/c1-3-12-10-11-13-6-8-14(11)7-4-5-9-15-2/h6,8,12H,3-5,7,9-10H2,1-2H3. The second kappa shape index (κ2) is 7.43. The predicted molar refractivity (Wildman–Crippen MR) is 60.7 cm³/mol. The van der Waals surface area contributed by atoms with E-state index in [9.17, 15) is 0 Å². The number of methoxy groups -OCH3 is 1. The van der Waals surface area contributed by atoms with Gasteiger partial charge < -0.3 is 14.6 Å². The van der Waals surface area contributed by atoms with Crippen LogP contribution in [-0.2, 0) is 17.8 Å². The number of imidazole rings is 1. The SMILES string of the molecule is CCNCc1nccn1CCCCOC. The number of hydrogen-bond donors (Lipinski definition) is 1. The molecule has 0 spiro atoms. The highest BCUT2D eigenvalue weighted by Crippen LogP contribution is 2.01. The summed E-state index contributed by atoms with van der Waals surface area (Å²) in [7, 11) is 1.74. The van der Waals surface area contributed by atoms with E-state index in [4.69, 9.17) is 4.74 Å². The Hall–Kier alpha value is -0.870. The second-order valence-electron chi connectivity index (χ2n) is 3.52. The van der Waals surface area contributed by atoms with E-state index in [1.54, 1.807) is 7.11 Å². The van der Waals surface area contributed by atoms with Crippen molar-refractivity contribution in [1.29, 1.82) is 0 Å². The van der Waals surface area contributed by atoms with E-state index in [2.05, 4.69) is 21.8 Å². The van der Waals surface area contributed by atoms with Crippen LogP contribution in [0.5, 0.6) is 0 Å². The molecule has 0 aliphatic rings. The minimum Gasteiger partial charge on any atom is -0.385 e. The van der Waals surface area contributed by atoms with E-state index in [-0.39, 0.29) is 0 Å². The van der Waals surface area contributed by atoms with Gasteiger partial charge >= 0.3 is 0 Å². The van der Waals surface area contributed by atoms with Crippen LogP contribution in [0.2, 0.25) is 0 Å². The smallest absolute Gasteiger partial charge is 0.122 e. The van der Waals surface area contributed by atoms with Gasteiger partial charge in [0.1, 0.15) is 5.82 Å². The first kappa shape index (κ1) is 12.2. The molecular weight excluding hydrogens is 190 g/mol. The lowest BCUT2D eigenvalue weighted by Gasteiger charge is -2.07. The zero-order valence-electron chi connectivity index (χ0n) is 9.70. The van der Waals surface area contributed by atoms with Gasteiger partial charge in [-0.15, -0.1) is 0 Å². The third-order valence-corrected chi connectivity index (χ3v) is 2.33. The van der Waals surface area contributed by atoms with E-state index in [0.717, 1.165) is 44.9 Å². The quantitative estimate of drug-likeness (QED) is 0.661. The van der Waals surface area contributed by atoms with Crippen LogP contribution in [0.1, 0.15) is 25.6 Å². The predicted octanol–water partition coefficient (Wildman–Crippen LogP) is 1.42. The lowest BCUT2D eigenvalue weighted by Crippen LogP contribution is -2.16. The minimum atomic E-state index is 0.844. The number of nitrogens with one attached hydrogen (secondary N) is 1. The van der Waals surface area contributed by atoms with Crippen molar-refractivity contribution >= 4 is 0 Å². The van der Waals surface area contributed by atoms with E-state index < -0.39 is 0 Å². The van der Waals surface area contributed by atoms with Gasteiger partial charge in [-0.2, -0.15) is 0 Å². The number of ether oxygens (including phenoxy) is 1. The van der Waals surface area contributed by atoms with Gasteiger partial charge in [0.15, 0.2) is 0 Å². The first-order valence-corrected chi connectivity index (χ1v) is 5.58. The molecule has 1 N–H and O–H groups in total. The zero-order valence-corrected chi connectivity index (χ0v) is 9.70. The molecule has 0 saturated carbocycles. The third-order valence-electron chi connectivity index (χ3n) is 2.33. The molecule has 0 amide bonds. The Morgan fingerprint density at radius 2 is 2.33 bits per heavy atom. The maximum absolute atomic E-state index is 5.02. The lowest BCUT2D eigenvalue weighted by molar-refractivity contribution is 0.191. The van der Waals surface area contributed by atoms with Crippen LogP contribution in [0, 0.1) is 0 Å². The monoisotopic (exact) mass is 211 g/mol. The number of nitrogens with zero attached hydrogens (tertiary/aromatic N) is 2. The summed E-state index contributed by atoms with van der Waals surface area (Å²) in [6.07, 6.45) is 6.15. The maximum atomic E-state index is 5.02. The molecule has 86 valence electrons. The average molecular weight is 211 g/mol. The maximum Gasteiger partial charge on any atom is 0.122 e. The number of rotatable bonds is 8. The van der Waals surface area contributed by atoms with Gasteiger partial charge in [-0.25, -0.2) is 4.98 Å². The molecule has 1 aromatic heterocycles. The highest BCUT2D eigenvalue weighted by molar-refractivity contribution is 4.91. The molecule has 0 aromatic carbocycles. The molecule has 4 nitrogen and oxygen atoms in total. The Bertz CT molecular complexity index is 260. The summed E-state index contributed by atoms with van der Waals surface area (Å²) in [6, 6.07) is 0. The molecule has 0 aliphatic carbocycles. The summed E-state index contributed by atoms with van der Waals surface area (Å²) in [5, 5.41) is 3.28. The van der Waals surface area contributed by atoms with Crippen LogP contribution in [0.3, 0.4) is 0 Å². The first-order chi connectivity index (χ1) is 7.38. The topological polar surface area (TPSA) is 39.1 Å². The summed E-state index contributed by atoms with van der Waals surface area (Å²) < 4.78 is 7.23. The van der Waals surface area contributed by atoms with Gasteiger partial charge in [0.25, 0.3) is 0 Å². The van der Waals surface area contributed by atoms with Gasteiger partial charge in [-0.05, 0) is 19.4 Å². The Balaban J connectivity index is 2.29. The molecule has 0 saturated heterocycles. The van der Waals surface area contributed by atoms with Gasteiger partial charge in [-0.3, -0.25) is 0 Å². The second-order valence-corrected chi connectivity index (χ2v) is 3.52. The molecular formula is C11H21N3O. The number of aromatic nitrogens is 2. The van der Waals surface area contributed by atoms with E-state index in [1.165, 1.54) is 0 Å². The lowest BCUT2D eigenvalue weighted by atomic mass is 10.3. The van der Waals surface area contributed by atoms with Crippen molar-refractivity contribution in [1.82, 2.24) is 14.9 Å². The first-order valence-electron chi connectivity index (χ1n) is 5.58. The Labute approximate surface area is 91.7 Å². The fourth-order valence-corrected chi connectivity index (χ4v) is 1.48. The normalized spacial score (nSPS) is 10.8. The Morgan fingerprint density at radius 1 is 1.47 bits per heavy atom. The molecule has 0 radical (unpaired) electrons. The summed E-state index contributed by atoms with van der Waals surface area (Å²) >= 11 is 0. The molecule has 1 heterocycles. The van der Waals surface area contributed by atoms with Gasteiger partial charge in [0.05, 0.1) is 6.54 Å². The summed E-state index contributed by atoms with van der Waals surface area (Å²) in [5.74, 6) is 1.12. The number of hydrogen-bond acceptors (Lipinski definition) is 3. The van der Waals surface area contributed by atoms with Crippen molar-refractivity contribution in [3.8, 4) is 0 Å². The van der Waals surface area contributed by atoms with E-state index in [0.29, 0.717) is 0 Å². The minimum absolute atomic E-state index is 0.844. The molecule has 0 unspecified atom stereocenters. The summed E-state index contributed by atoms with van der Waals surface area (Å²) in [6.45, 7) is 5.82. The van der Waals surface area contributed by atoms with Crippen LogP contribution < -0.4 is 5.32 Å². The van der Waals surface area contributed by atoms with E-state index >= 15 is 0 Å². The number of unbranched alkanes of at least 4 members (excludes halogenated alkanes) is 1. The van der Waals surface area contributed by atoms with Crippen LogP contribution >= 0.6 is 0 Å². The van der Waals surface area contributed by atoms with Gasteiger partial charge in [-0.1, -0.05) is 6.92 Å². The van der Waals surface area contributed by atoms with Crippen LogP contribution in [0.4, 0.5) is 0 Å². The average Bonchev–Trinajstić information content (AvgIpc) is 2.69. The van der Waals surface area contributed by atoms with Crippen molar-refractivity contribution in [3.63, 3.8) is 0 Å². The highest BCUT2D eigenvalue weighted by Gasteiger charge is 2.00. The van der Waals surface area contributed by atoms with E-state index in [1.807, 2.05) is 12.4 Å². The van der Waals surface area contributed by atoms with Gasteiger partial charge in [0.2, 0.25) is 0 Å². The van der Waals surface area contributed by atoms with Crippen LogP contribution in [0.25, 0.3) is 0 Å². The highest BCUT2D eigenvalue weighted by atomic mass is 16.5. The van der Waals surface area contributed by atoms with Crippen molar-refractivity contribution in [2.75, 3.05) is 20.3 Å². The molecule has 0 aliphatic heterocycles. The largest absolute Gasteiger partial charge is 0.385 e. The fraction of sp³-hybridized carbons (Fsp3) is 0.727. The summed E-state index contributed by atoms with van der Waals surface area (Å²) in [4.78, 5) is 4.32. The zero-order chi connectivity index (χ0) is 10.9. The van der Waals surface area contributed by atoms with Crippen molar-refractivity contribution in [2.24, 2.45) is 0 Å². The van der Waals surface area contributed by atoms with Crippen LogP contribution in [0.15, 0.2) is 12.4 Å². The molecule has 1 aromatic rings. The molecule has 1 rings (SSSR count). The fourth-order valence-electron chi connectivity index (χ4n) is 1.48. The molecule has 0 atom stereocenters. The molecule has 15 heavy (non-hydrogen) atoms. The Morgan fingerprint density at radius 3 is 3.07 bits per heavy atom. The summed E-state index contributed by atoms with van der Waals surface area (Å²) in [5.41, 5.74) is 0. The molecule has 0 bridgehead atoms. The van der Waals surface area contributed by atoms with Crippen molar-refractivity contribution in [3.05, 3.63) is 18.2 Å².